The SMILES string of the molecule is COc1ccc(C(=O)c2ccccn2)cc1C. The predicted molar refractivity (Wildman–Crippen MR) is 65.4 cm³/mol. The summed E-state index contributed by atoms with van der Waals surface area (Å²) in [6.45, 7) is 1.91. The van der Waals surface area contributed by atoms with Gasteiger partial charge >= 0.3 is 0 Å². The number of ether oxygens (including phenoxy) is 1. The Bertz CT molecular complexity index is 535. The maximum atomic E-state index is 12.1. The van der Waals surface area contributed by atoms with E-state index in [4.69, 9.17) is 4.74 Å². The first-order chi connectivity index (χ1) is 8.22. The summed E-state index contributed by atoms with van der Waals surface area (Å²) in [4.78, 5) is 16.1. The van der Waals surface area contributed by atoms with Crippen LogP contribution in [0.2, 0.25) is 0 Å². The van der Waals surface area contributed by atoms with Crippen molar-refractivity contribution in [2.45, 2.75) is 6.92 Å². The number of rotatable bonds is 3. The number of nitrogens with zero attached hydrogens (tertiary/aromatic N) is 1. The molecule has 2 aromatic rings. The third kappa shape index (κ3) is 2.33. The third-order valence-corrected chi connectivity index (χ3v) is 2.55. The molecule has 0 fully saturated rings. The van der Waals surface area contributed by atoms with E-state index in [0.717, 1.165) is 11.3 Å². The van der Waals surface area contributed by atoms with Gasteiger partial charge in [0.1, 0.15) is 11.4 Å². The van der Waals surface area contributed by atoms with E-state index in [1.54, 1.807) is 43.6 Å². The van der Waals surface area contributed by atoms with Crippen molar-refractivity contribution in [2.75, 3.05) is 7.11 Å². The van der Waals surface area contributed by atoms with Crippen LogP contribution in [0.25, 0.3) is 0 Å². The molecule has 0 aliphatic rings. The number of carbonyl (C=O) groups excluding carboxylic acids is 1. The van der Waals surface area contributed by atoms with E-state index in [-0.39, 0.29) is 5.78 Å². The first-order valence-corrected chi connectivity index (χ1v) is 5.33. The van der Waals surface area contributed by atoms with Gasteiger partial charge in [-0.15, -0.1) is 0 Å². The molecule has 0 unspecified atom stereocenters. The Hall–Kier alpha value is -2.16. The zero-order valence-electron chi connectivity index (χ0n) is 9.81. The average molecular weight is 227 g/mol. The summed E-state index contributed by atoms with van der Waals surface area (Å²) in [5, 5.41) is 0. The van der Waals surface area contributed by atoms with Crippen LogP contribution in [0.15, 0.2) is 42.6 Å². The van der Waals surface area contributed by atoms with Crippen LogP contribution in [0.5, 0.6) is 5.75 Å². The van der Waals surface area contributed by atoms with E-state index in [1.807, 2.05) is 13.0 Å². The van der Waals surface area contributed by atoms with Crippen LogP contribution in [0.3, 0.4) is 0 Å². The van der Waals surface area contributed by atoms with Gasteiger partial charge in [-0.05, 0) is 42.8 Å². The quantitative estimate of drug-likeness (QED) is 0.757. The molecule has 0 aliphatic heterocycles. The van der Waals surface area contributed by atoms with Crippen molar-refractivity contribution in [1.82, 2.24) is 4.98 Å². The minimum atomic E-state index is -0.0728. The Kier molecular flexibility index (Phi) is 3.19. The lowest BCUT2D eigenvalue weighted by Gasteiger charge is -2.06. The highest BCUT2D eigenvalue weighted by Gasteiger charge is 2.11. The lowest BCUT2D eigenvalue weighted by Crippen LogP contribution is -2.04. The molecule has 0 N–H and O–H groups in total. The molecular formula is C14H13NO2. The summed E-state index contributed by atoms with van der Waals surface area (Å²) in [5.41, 5.74) is 2.02. The second-order valence-electron chi connectivity index (χ2n) is 3.73. The lowest BCUT2D eigenvalue weighted by molar-refractivity contribution is 0.103. The molecule has 86 valence electrons. The van der Waals surface area contributed by atoms with Crippen LogP contribution >= 0.6 is 0 Å². The Labute approximate surface area is 100 Å². The van der Waals surface area contributed by atoms with Crippen molar-refractivity contribution < 1.29 is 9.53 Å². The highest BCUT2D eigenvalue weighted by atomic mass is 16.5. The second kappa shape index (κ2) is 4.78. The highest BCUT2D eigenvalue weighted by Crippen LogP contribution is 2.19. The summed E-state index contributed by atoms with van der Waals surface area (Å²) < 4.78 is 5.16. The fraction of sp³-hybridized carbons (Fsp3) is 0.143. The van der Waals surface area contributed by atoms with Gasteiger partial charge < -0.3 is 4.74 Å². The summed E-state index contributed by atoms with van der Waals surface area (Å²) in [6, 6.07) is 10.7. The topological polar surface area (TPSA) is 39.2 Å². The van der Waals surface area contributed by atoms with Gasteiger partial charge in [-0.3, -0.25) is 9.78 Å². The first-order valence-electron chi connectivity index (χ1n) is 5.33. The van der Waals surface area contributed by atoms with Gasteiger partial charge in [0.2, 0.25) is 5.78 Å². The van der Waals surface area contributed by atoms with Crippen molar-refractivity contribution in [3.05, 3.63) is 59.4 Å². The molecule has 0 saturated heterocycles. The number of aromatic nitrogens is 1. The zero-order valence-corrected chi connectivity index (χ0v) is 9.81. The van der Waals surface area contributed by atoms with Gasteiger partial charge in [0, 0.05) is 11.8 Å². The molecular weight excluding hydrogens is 214 g/mol. The number of hydrogen-bond donors (Lipinski definition) is 0. The maximum absolute atomic E-state index is 12.1. The molecule has 1 aromatic heterocycles. The van der Waals surface area contributed by atoms with E-state index < -0.39 is 0 Å². The first kappa shape index (κ1) is 11.3. The Morgan fingerprint density at radius 2 is 2.06 bits per heavy atom. The minimum absolute atomic E-state index is 0.0728. The van der Waals surface area contributed by atoms with E-state index in [0.29, 0.717) is 11.3 Å². The van der Waals surface area contributed by atoms with Crippen molar-refractivity contribution in [3.63, 3.8) is 0 Å². The number of carbonyl (C=O) groups is 1. The Morgan fingerprint density at radius 3 is 2.65 bits per heavy atom. The van der Waals surface area contributed by atoms with Crippen LogP contribution in [-0.2, 0) is 0 Å². The van der Waals surface area contributed by atoms with Crippen LogP contribution in [0, 0.1) is 6.92 Å². The molecule has 0 radical (unpaired) electrons. The predicted octanol–water partition coefficient (Wildman–Crippen LogP) is 2.63. The van der Waals surface area contributed by atoms with Gasteiger partial charge in [0.15, 0.2) is 0 Å². The van der Waals surface area contributed by atoms with Crippen LogP contribution in [-0.4, -0.2) is 17.9 Å². The molecule has 17 heavy (non-hydrogen) atoms. The average Bonchev–Trinajstić information content (AvgIpc) is 2.39. The molecule has 1 heterocycles. The Balaban J connectivity index is 2.35. The van der Waals surface area contributed by atoms with E-state index in [2.05, 4.69) is 4.98 Å². The molecule has 0 amide bonds. The lowest BCUT2D eigenvalue weighted by atomic mass is 10.0. The summed E-state index contributed by atoms with van der Waals surface area (Å²) in [7, 11) is 1.61. The molecule has 0 spiro atoms. The van der Waals surface area contributed by atoms with Gasteiger partial charge in [-0.25, -0.2) is 0 Å². The van der Waals surface area contributed by atoms with Crippen LogP contribution in [0.4, 0.5) is 0 Å². The molecule has 0 bridgehead atoms. The van der Waals surface area contributed by atoms with Crippen molar-refractivity contribution in [3.8, 4) is 5.75 Å². The standard InChI is InChI=1S/C14H13NO2/c1-10-9-11(6-7-13(10)17-2)14(16)12-5-3-4-8-15-12/h3-9H,1-2H3. The number of aryl methyl sites for hydroxylation is 1. The van der Waals surface area contributed by atoms with Crippen molar-refractivity contribution in [1.29, 1.82) is 0 Å². The highest BCUT2D eigenvalue weighted by molar-refractivity contribution is 6.07. The molecule has 0 aliphatic carbocycles. The molecule has 0 saturated carbocycles. The fourth-order valence-electron chi connectivity index (χ4n) is 1.66. The number of pyridine rings is 1. The second-order valence-corrected chi connectivity index (χ2v) is 3.73. The largest absolute Gasteiger partial charge is 0.496 e. The normalized spacial score (nSPS) is 10.0. The number of hydrogen-bond acceptors (Lipinski definition) is 3. The number of benzene rings is 1. The van der Waals surface area contributed by atoms with Gasteiger partial charge in [0.25, 0.3) is 0 Å². The summed E-state index contributed by atoms with van der Waals surface area (Å²) in [6.07, 6.45) is 1.61. The van der Waals surface area contributed by atoms with Crippen molar-refractivity contribution in [2.24, 2.45) is 0 Å². The minimum Gasteiger partial charge on any atom is -0.496 e. The van der Waals surface area contributed by atoms with Gasteiger partial charge in [-0.1, -0.05) is 6.07 Å². The molecule has 3 nitrogen and oxygen atoms in total. The van der Waals surface area contributed by atoms with Crippen LogP contribution in [0.1, 0.15) is 21.6 Å². The fourth-order valence-corrected chi connectivity index (χ4v) is 1.66. The monoisotopic (exact) mass is 227 g/mol. The van der Waals surface area contributed by atoms with Gasteiger partial charge in [-0.2, -0.15) is 0 Å². The number of ketones is 1. The van der Waals surface area contributed by atoms with Gasteiger partial charge in [0.05, 0.1) is 7.11 Å². The summed E-state index contributed by atoms with van der Waals surface area (Å²) >= 11 is 0. The molecule has 2 rings (SSSR count). The third-order valence-electron chi connectivity index (χ3n) is 2.55. The zero-order chi connectivity index (χ0) is 12.3. The maximum Gasteiger partial charge on any atom is 0.211 e. The molecule has 0 atom stereocenters. The smallest absolute Gasteiger partial charge is 0.211 e. The Morgan fingerprint density at radius 1 is 1.24 bits per heavy atom. The van der Waals surface area contributed by atoms with Crippen LogP contribution < -0.4 is 4.74 Å². The summed E-state index contributed by atoms with van der Waals surface area (Å²) in [5.74, 6) is 0.707. The van der Waals surface area contributed by atoms with E-state index >= 15 is 0 Å². The van der Waals surface area contributed by atoms with E-state index in [1.165, 1.54) is 0 Å². The number of methoxy groups -OCH3 is 1. The van der Waals surface area contributed by atoms with E-state index in [9.17, 15) is 4.79 Å². The molecule has 1 aromatic carbocycles. The molecule has 3 heteroatoms. The van der Waals surface area contributed by atoms with Crippen molar-refractivity contribution >= 4 is 5.78 Å².